The average Bonchev–Trinajstić information content (AvgIpc) is 2.47. The predicted molar refractivity (Wildman–Crippen MR) is 81.1 cm³/mol. The zero-order valence-corrected chi connectivity index (χ0v) is 13.6. The first kappa shape index (κ1) is 16.4. The molecule has 5 heteroatoms. The van der Waals surface area contributed by atoms with E-state index in [0.29, 0.717) is 19.2 Å². The highest BCUT2D eigenvalue weighted by atomic mass is 16.5. The summed E-state index contributed by atoms with van der Waals surface area (Å²) in [5, 5.41) is 0. The first-order valence-corrected chi connectivity index (χ1v) is 8.12. The second kappa shape index (κ2) is 6.88. The molecule has 1 atom stereocenters. The fourth-order valence-corrected chi connectivity index (χ4v) is 3.19. The summed E-state index contributed by atoms with van der Waals surface area (Å²) >= 11 is 0. The Morgan fingerprint density at radius 2 is 1.95 bits per heavy atom. The fourth-order valence-electron chi connectivity index (χ4n) is 3.19. The van der Waals surface area contributed by atoms with Crippen LogP contribution in [0.3, 0.4) is 0 Å². The van der Waals surface area contributed by atoms with Gasteiger partial charge in [-0.05, 0) is 40.2 Å². The Balaban J connectivity index is 1.89. The molecular formula is C16H28N2O3. The lowest BCUT2D eigenvalue weighted by molar-refractivity contribution is -0.158. The molecule has 0 aromatic heterocycles. The summed E-state index contributed by atoms with van der Waals surface area (Å²) in [5.41, 5.74) is -1.04. The van der Waals surface area contributed by atoms with E-state index in [1.54, 1.807) is 20.8 Å². The second-order valence-corrected chi connectivity index (χ2v) is 6.69. The molecule has 2 aliphatic rings. The summed E-state index contributed by atoms with van der Waals surface area (Å²) in [7, 11) is 0. The average molecular weight is 296 g/mol. The Labute approximate surface area is 127 Å². The number of carbonyl (C=O) groups is 2. The molecule has 1 unspecified atom stereocenters. The molecule has 0 amide bonds. The SMILES string of the molecule is CCOC(=O)C(C)(C)C(=O)CN1CCN2CCCCC2C1. The van der Waals surface area contributed by atoms with E-state index in [2.05, 4.69) is 9.80 Å². The lowest BCUT2D eigenvalue weighted by Crippen LogP contribution is -2.56. The van der Waals surface area contributed by atoms with Crippen LogP contribution < -0.4 is 0 Å². The lowest BCUT2D eigenvalue weighted by atomic mass is 9.87. The van der Waals surface area contributed by atoms with Crippen LogP contribution in [-0.2, 0) is 14.3 Å². The van der Waals surface area contributed by atoms with Gasteiger partial charge in [0, 0.05) is 25.7 Å². The van der Waals surface area contributed by atoms with E-state index in [-0.39, 0.29) is 5.78 Å². The third-order valence-corrected chi connectivity index (χ3v) is 4.77. The molecule has 0 aromatic carbocycles. The number of hydrogen-bond donors (Lipinski definition) is 0. The molecule has 0 aromatic rings. The zero-order valence-electron chi connectivity index (χ0n) is 13.6. The van der Waals surface area contributed by atoms with Gasteiger partial charge in [0.05, 0.1) is 13.2 Å². The molecule has 5 nitrogen and oxygen atoms in total. The number of Topliss-reactive ketones (excluding diaryl/α,β-unsaturated/α-hetero) is 1. The van der Waals surface area contributed by atoms with Crippen LogP contribution in [0.15, 0.2) is 0 Å². The Morgan fingerprint density at radius 1 is 1.19 bits per heavy atom. The van der Waals surface area contributed by atoms with Crippen molar-refractivity contribution < 1.29 is 14.3 Å². The van der Waals surface area contributed by atoms with E-state index in [9.17, 15) is 9.59 Å². The van der Waals surface area contributed by atoms with Gasteiger partial charge in [0.25, 0.3) is 0 Å². The molecular weight excluding hydrogens is 268 g/mol. The zero-order chi connectivity index (χ0) is 15.5. The highest BCUT2D eigenvalue weighted by Gasteiger charge is 2.39. The third kappa shape index (κ3) is 3.83. The molecule has 2 fully saturated rings. The van der Waals surface area contributed by atoms with Crippen LogP contribution in [0.2, 0.25) is 0 Å². The number of piperazine rings is 1. The minimum atomic E-state index is -1.04. The molecule has 2 rings (SSSR count). The quantitative estimate of drug-likeness (QED) is 0.565. The number of piperidine rings is 1. The van der Waals surface area contributed by atoms with Crippen molar-refractivity contribution in [2.24, 2.45) is 5.41 Å². The van der Waals surface area contributed by atoms with Crippen molar-refractivity contribution in [3.8, 4) is 0 Å². The van der Waals surface area contributed by atoms with Crippen LogP contribution >= 0.6 is 0 Å². The first-order valence-electron chi connectivity index (χ1n) is 8.12. The molecule has 2 aliphatic heterocycles. The number of hydrogen-bond acceptors (Lipinski definition) is 5. The summed E-state index contributed by atoms with van der Waals surface area (Å²) in [5.74, 6) is -0.448. The molecule has 0 N–H and O–H groups in total. The first-order chi connectivity index (χ1) is 9.95. The van der Waals surface area contributed by atoms with Gasteiger partial charge in [-0.2, -0.15) is 0 Å². The van der Waals surface area contributed by atoms with Crippen molar-refractivity contribution in [3.63, 3.8) is 0 Å². The fraction of sp³-hybridized carbons (Fsp3) is 0.875. The maximum Gasteiger partial charge on any atom is 0.319 e. The summed E-state index contributed by atoms with van der Waals surface area (Å²) in [6.07, 6.45) is 3.81. The van der Waals surface area contributed by atoms with Crippen LogP contribution in [0.4, 0.5) is 0 Å². The number of rotatable bonds is 5. The molecule has 0 bridgehead atoms. The second-order valence-electron chi connectivity index (χ2n) is 6.69. The molecule has 0 spiro atoms. The van der Waals surface area contributed by atoms with Crippen LogP contribution in [-0.4, -0.2) is 66.9 Å². The van der Waals surface area contributed by atoms with Crippen LogP contribution in [0, 0.1) is 5.41 Å². The number of fused-ring (bicyclic) bond motifs is 1. The van der Waals surface area contributed by atoms with Crippen LogP contribution in [0.1, 0.15) is 40.0 Å². The molecule has 2 saturated heterocycles. The highest BCUT2D eigenvalue weighted by molar-refractivity contribution is 6.03. The van der Waals surface area contributed by atoms with Crippen molar-refractivity contribution in [1.82, 2.24) is 9.80 Å². The van der Waals surface area contributed by atoms with Gasteiger partial charge in [0.15, 0.2) is 5.78 Å². The normalized spacial score (nSPS) is 24.4. The van der Waals surface area contributed by atoms with Crippen molar-refractivity contribution >= 4 is 11.8 Å². The predicted octanol–water partition coefficient (Wildman–Crippen LogP) is 1.31. The monoisotopic (exact) mass is 296 g/mol. The number of carbonyl (C=O) groups excluding carboxylic acids is 2. The van der Waals surface area contributed by atoms with Gasteiger partial charge in [0.1, 0.15) is 5.41 Å². The smallest absolute Gasteiger partial charge is 0.319 e. The van der Waals surface area contributed by atoms with Crippen molar-refractivity contribution in [2.45, 2.75) is 46.1 Å². The molecule has 120 valence electrons. The van der Waals surface area contributed by atoms with E-state index in [1.165, 1.54) is 25.8 Å². The van der Waals surface area contributed by atoms with E-state index >= 15 is 0 Å². The van der Waals surface area contributed by atoms with Crippen molar-refractivity contribution in [2.75, 3.05) is 39.3 Å². The molecule has 0 radical (unpaired) electrons. The van der Waals surface area contributed by atoms with Gasteiger partial charge in [0.2, 0.25) is 0 Å². The standard InChI is InChI=1S/C16H28N2O3/c1-4-21-15(20)16(2,3)14(19)12-17-9-10-18-8-6-5-7-13(18)11-17/h13H,4-12H2,1-3H3. The van der Waals surface area contributed by atoms with Gasteiger partial charge in [-0.1, -0.05) is 6.42 Å². The number of nitrogens with zero attached hydrogens (tertiary/aromatic N) is 2. The Morgan fingerprint density at radius 3 is 2.67 bits per heavy atom. The Kier molecular flexibility index (Phi) is 5.38. The lowest BCUT2D eigenvalue weighted by Gasteiger charge is -2.44. The molecule has 0 saturated carbocycles. The maximum atomic E-state index is 12.5. The number of esters is 1. The van der Waals surface area contributed by atoms with Gasteiger partial charge < -0.3 is 4.74 Å². The molecule has 0 aliphatic carbocycles. The topological polar surface area (TPSA) is 49.9 Å². The van der Waals surface area contributed by atoms with Crippen molar-refractivity contribution in [3.05, 3.63) is 0 Å². The number of ether oxygens (including phenoxy) is 1. The largest absolute Gasteiger partial charge is 0.465 e. The van der Waals surface area contributed by atoms with Gasteiger partial charge in [-0.15, -0.1) is 0 Å². The van der Waals surface area contributed by atoms with Crippen LogP contribution in [0.5, 0.6) is 0 Å². The third-order valence-electron chi connectivity index (χ3n) is 4.77. The van der Waals surface area contributed by atoms with E-state index in [4.69, 9.17) is 4.74 Å². The Bertz CT molecular complexity index is 395. The summed E-state index contributed by atoms with van der Waals surface area (Å²) in [4.78, 5) is 29.1. The maximum absolute atomic E-state index is 12.5. The molecule has 2 heterocycles. The molecule has 21 heavy (non-hydrogen) atoms. The van der Waals surface area contributed by atoms with E-state index < -0.39 is 11.4 Å². The Hall–Kier alpha value is -0.940. The minimum Gasteiger partial charge on any atom is -0.465 e. The van der Waals surface area contributed by atoms with Crippen molar-refractivity contribution in [1.29, 1.82) is 0 Å². The highest BCUT2D eigenvalue weighted by Crippen LogP contribution is 2.23. The van der Waals surface area contributed by atoms with Gasteiger partial charge >= 0.3 is 5.97 Å². The summed E-state index contributed by atoms with van der Waals surface area (Å²) in [6, 6.07) is 0.589. The summed E-state index contributed by atoms with van der Waals surface area (Å²) < 4.78 is 5.02. The van der Waals surface area contributed by atoms with Gasteiger partial charge in [-0.25, -0.2) is 0 Å². The van der Waals surface area contributed by atoms with Crippen LogP contribution in [0.25, 0.3) is 0 Å². The summed E-state index contributed by atoms with van der Waals surface area (Å²) in [6.45, 7) is 9.88. The number of ketones is 1. The minimum absolute atomic E-state index is 0.0368. The van der Waals surface area contributed by atoms with Gasteiger partial charge in [-0.3, -0.25) is 19.4 Å². The van der Waals surface area contributed by atoms with E-state index in [1.807, 2.05) is 0 Å². The van der Waals surface area contributed by atoms with E-state index in [0.717, 1.165) is 19.6 Å².